The number of benzene rings is 2. The van der Waals surface area contributed by atoms with Crippen LogP contribution in [0.5, 0.6) is 0 Å². The van der Waals surface area contributed by atoms with Gasteiger partial charge in [0.25, 0.3) is 0 Å². The van der Waals surface area contributed by atoms with Crippen molar-refractivity contribution in [1.29, 1.82) is 0 Å². The maximum absolute atomic E-state index is 14.3. The van der Waals surface area contributed by atoms with Gasteiger partial charge >= 0.3 is 5.97 Å². The number of aliphatic hydroxyl groups excluding tert-OH is 1. The number of hydrogen-bond donors (Lipinski definition) is 2. The molecule has 1 fully saturated rings. The van der Waals surface area contributed by atoms with Crippen LogP contribution in [-0.4, -0.2) is 53.1 Å². The predicted molar refractivity (Wildman–Crippen MR) is 151 cm³/mol. The Hall–Kier alpha value is -3.45. The van der Waals surface area contributed by atoms with E-state index in [0.29, 0.717) is 12.1 Å². The number of anilines is 1. The molecule has 2 aromatic rings. The largest absolute Gasteiger partial charge is 0.466 e. The fraction of sp³-hybridized carbons (Fsp3) is 0.469. The van der Waals surface area contributed by atoms with Gasteiger partial charge < -0.3 is 20.1 Å². The van der Waals surface area contributed by atoms with Crippen LogP contribution in [0, 0.1) is 37.5 Å². The van der Waals surface area contributed by atoms with Gasteiger partial charge in [-0.1, -0.05) is 68.0 Å². The van der Waals surface area contributed by atoms with Crippen LogP contribution in [0.4, 0.5) is 5.69 Å². The van der Waals surface area contributed by atoms with Gasteiger partial charge in [0, 0.05) is 11.6 Å². The molecule has 39 heavy (non-hydrogen) atoms. The standard InChI is InChI=1S/C32H40N2O5/c1-5-10-23-15-16-25-28(27(23)32(38)39-6-2)31(37)34(24(19-35)18-22-11-8-7-9-12-22)29(25)30(36)33-26-17-20(3)13-14-21(26)4/h7-9,11-17,23-25,27-29,35H,5-6,10,18-19H2,1-4H3,(H,33,36)/t23-,24-,25+,27-,28+,29+/m1/s1. The summed E-state index contributed by atoms with van der Waals surface area (Å²) in [4.78, 5) is 43.1. The number of likely N-dealkylation sites (tertiary alicyclic amines) is 1. The summed E-state index contributed by atoms with van der Waals surface area (Å²) in [6, 6.07) is 14.0. The first-order valence-electron chi connectivity index (χ1n) is 14.0. The summed E-state index contributed by atoms with van der Waals surface area (Å²) in [5.41, 5.74) is 3.56. The van der Waals surface area contributed by atoms with Crippen molar-refractivity contribution in [3.63, 3.8) is 0 Å². The van der Waals surface area contributed by atoms with E-state index in [0.717, 1.165) is 29.5 Å². The molecule has 1 aliphatic carbocycles. The number of allylic oxidation sites excluding steroid dienone is 1. The molecular weight excluding hydrogens is 492 g/mol. The number of ether oxygens (including phenoxy) is 1. The van der Waals surface area contributed by atoms with Crippen LogP contribution in [-0.2, 0) is 25.5 Å². The van der Waals surface area contributed by atoms with Crippen LogP contribution in [0.2, 0.25) is 0 Å². The quantitative estimate of drug-likeness (QED) is 0.348. The second-order valence-corrected chi connectivity index (χ2v) is 10.7. The third kappa shape index (κ3) is 5.93. The number of rotatable bonds is 10. The summed E-state index contributed by atoms with van der Waals surface area (Å²) in [7, 11) is 0. The molecular formula is C32H40N2O5. The van der Waals surface area contributed by atoms with Gasteiger partial charge in [0.2, 0.25) is 11.8 Å². The average Bonchev–Trinajstić information content (AvgIpc) is 3.22. The van der Waals surface area contributed by atoms with E-state index < -0.39 is 35.8 Å². The highest BCUT2D eigenvalue weighted by molar-refractivity contribution is 6.02. The van der Waals surface area contributed by atoms with Crippen LogP contribution in [0.3, 0.4) is 0 Å². The van der Waals surface area contributed by atoms with E-state index in [9.17, 15) is 19.5 Å². The highest BCUT2D eigenvalue weighted by Crippen LogP contribution is 2.46. The second kappa shape index (κ2) is 12.6. The lowest BCUT2D eigenvalue weighted by Gasteiger charge is -2.34. The molecule has 2 aliphatic rings. The third-order valence-corrected chi connectivity index (χ3v) is 8.07. The highest BCUT2D eigenvalue weighted by atomic mass is 16.5. The molecule has 2 aromatic carbocycles. The second-order valence-electron chi connectivity index (χ2n) is 10.7. The molecule has 4 rings (SSSR count). The molecule has 1 aliphatic heterocycles. The Balaban J connectivity index is 1.77. The van der Waals surface area contributed by atoms with E-state index in [4.69, 9.17) is 4.74 Å². The molecule has 0 bridgehead atoms. The van der Waals surface area contributed by atoms with Gasteiger partial charge in [0.05, 0.1) is 31.1 Å². The Bertz CT molecular complexity index is 1210. The molecule has 1 heterocycles. The summed E-state index contributed by atoms with van der Waals surface area (Å²) in [6.07, 6.45) is 5.92. The fourth-order valence-electron chi connectivity index (χ4n) is 6.22. The fourth-order valence-corrected chi connectivity index (χ4v) is 6.22. The number of nitrogens with zero attached hydrogens (tertiary/aromatic N) is 1. The minimum absolute atomic E-state index is 0.149. The maximum atomic E-state index is 14.3. The van der Waals surface area contributed by atoms with Gasteiger partial charge in [-0.15, -0.1) is 0 Å². The van der Waals surface area contributed by atoms with E-state index in [1.807, 2.05) is 81.5 Å². The van der Waals surface area contributed by atoms with Crippen molar-refractivity contribution in [3.05, 3.63) is 77.4 Å². The van der Waals surface area contributed by atoms with Gasteiger partial charge in [0.1, 0.15) is 6.04 Å². The number of carbonyl (C=O) groups excluding carboxylic acids is 3. The highest BCUT2D eigenvalue weighted by Gasteiger charge is 2.58. The minimum atomic E-state index is -0.876. The Morgan fingerprint density at radius 2 is 1.82 bits per heavy atom. The van der Waals surface area contributed by atoms with Crippen molar-refractivity contribution >= 4 is 23.5 Å². The van der Waals surface area contributed by atoms with Crippen molar-refractivity contribution in [2.24, 2.45) is 23.7 Å². The summed E-state index contributed by atoms with van der Waals surface area (Å²) in [5.74, 6) is -3.08. The molecule has 7 nitrogen and oxygen atoms in total. The zero-order valence-corrected chi connectivity index (χ0v) is 23.3. The molecule has 0 unspecified atom stereocenters. The van der Waals surface area contributed by atoms with E-state index in [1.165, 1.54) is 0 Å². The van der Waals surface area contributed by atoms with E-state index in [-0.39, 0.29) is 30.9 Å². The molecule has 7 heteroatoms. The van der Waals surface area contributed by atoms with Crippen molar-refractivity contribution < 1.29 is 24.2 Å². The van der Waals surface area contributed by atoms with Gasteiger partial charge in [-0.25, -0.2) is 0 Å². The van der Waals surface area contributed by atoms with Crippen LogP contribution < -0.4 is 5.32 Å². The van der Waals surface area contributed by atoms with Crippen LogP contribution in [0.1, 0.15) is 43.4 Å². The van der Waals surface area contributed by atoms with Crippen molar-refractivity contribution in [2.75, 3.05) is 18.5 Å². The molecule has 0 aromatic heterocycles. The lowest BCUT2D eigenvalue weighted by molar-refractivity contribution is -0.156. The molecule has 2 N–H and O–H groups in total. The van der Waals surface area contributed by atoms with Crippen LogP contribution >= 0.6 is 0 Å². The van der Waals surface area contributed by atoms with E-state index in [2.05, 4.69) is 5.32 Å². The number of amides is 2. The zero-order chi connectivity index (χ0) is 28.1. The Labute approximate surface area is 231 Å². The first-order valence-corrected chi connectivity index (χ1v) is 14.0. The predicted octanol–water partition coefficient (Wildman–Crippen LogP) is 4.45. The van der Waals surface area contributed by atoms with E-state index >= 15 is 0 Å². The van der Waals surface area contributed by atoms with Gasteiger partial charge in [0.15, 0.2) is 0 Å². The Morgan fingerprint density at radius 1 is 1.08 bits per heavy atom. The number of aryl methyl sites for hydroxylation is 2. The number of fused-ring (bicyclic) bond motifs is 1. The van der Waals surface area contributed by atoms with Crippen LogP contribution in [0.15, 0.2) is 60.7 Å². The molecule has 0 saturated carbocycles. The summed E-state index contributed by atoms with van der Waals surface area (Å²) < 4.78 is 5.46. The Kier molecular flexibility index (Phi) is 9.23. The number of aliphatic hydroxyl groups is 1. The maximum Gasteiger partial charge on any atom is 0.310 e. The molecule has 2 amide bonds. The molecule has 0 radical (unpaired) electrons. The molecule has 0 spiro atoms. The monoisotopic (exact) mass is 532 g/mol. The summed E-state index contributed by atoms with van der Waals surface area (Å²) >= 11 is 0. The molecule has 208 valence electrons. The minimum Gasteiger partial charge on any atom is -0.466 e. The zero-order valence-electron chi connectivity index (χ0n) is 23.3. The number of carbonyl (C=O) groups is 3. The van der Waals surface area contributed by atoms with E-state index in [1.54, 1.807) is 11.8 Å². The first kappa shape index (κ1) is 28.6. The first-order chi connectivity index (χ1) is 18.8. The lowest BCUT2D eigenvalue weighted by Crippen LogP contribution is -2.51. The van der Waals surface area contributed by atoms with Gasteiger partial charge in [-0.3, -0.25) is 14.4 Å². The molecule has 1 saturated heterocycles. The van der Waals surface area contributed by atoms with Crippen molar-refractivity contribution in [3.8, 4) is 0 Å². The molecule has 6 atom stereocenters. The van der Waals surface area contributed by atoms with Gasteiger partial charge in [-0.05, 0) is 62.3 Å². The van der Waals surface area contributed by atoms with Crippen LogP contribution in [0.25, 0.3) is 0 Å². The SMILES string of the molecule is CCC[C@@H]1C=C[C@H]2[C@H](C(=O)N([C@@H](CO)Cc3ccccc3)[C@@H]2C(=O)Nc2cc(C)ccc2C)[C@@H]1C(=O)OCC. The number of hydrogen-bond acceptors (Lipinski definition) is 5. The third-order valence-electron chi connectivity index (χ3n) is 8.07. The number of esters is 1. The summed E-state index contributed by atoms with van der Waals surface area (Å²) in [5, 5.41) is 13.6. The smallest absolute Gasteiger partial charge is 0.310 e. The number of nitrogens with one attached hydrogen (secondary N) is 1. The summed E-state index contributed by atoms with van der Waals surface area (Å²) in [6.45, 7) is 7.60. The van der Waals surface area contributed by atoms with Gasteiger partial charge in [-0.2, -0.15) is 0 Å². The lowest BCUT2D eigenvalue weighted by atomic mass is 9.69. The van der Waals surface area contributed by atoms with Crippen molar-refractivity contribution in [1.82, 2.24) is 4.90 Å². The Morgan fingerprint density at radius 3 is 2.49 bits per heavy atom. The normalized spacial score (nSPS) is 24.8. The topological polar surface area (TPSA) is 95.9 Å². The van der Waals surface area contributed by atoms with Crippen molar-refractivity contribution in [2.45, 2.75) is 59.0 Å². The average molecular weight is 533 g/mol.